The Morgan fingerprint density at radius 3 is 1.33 bits per heavy atom. The summed E-state index contributed by atoms with van der Waals surface area (Å²) in [7, 11) is 0. The zero-order valence-electron chi connectivity index (χ0n) is 30.8. The minimum Gasteiger partial charge on any atom is -0.311 e. The number of nitrogens with one attached hydrogen (secondary N) is 3. The van der Waals surface area contributed by atoms with Crippen LogP contribution < -0.4 is 16.0 Å². The van der Waals surface area contributed by atoms with Crippen molar-refractivity contribution in [3.8, 4) is 0 Å². The van der Waals surface area contributed by atoms with E-state index >= 15 is 0 Å². The lowest BCUT2D eigenvalue weighted by atomic mass is 9.51. The molecule has 0 spiro atoms. The molecule has 10 saturated carbocycles. The van der Waals surface area contributed by atoms with E-state index in [1.165, 1.54) is 83.5 Å². The van der Waals surface area contributed by atoms with Crippen LogP contribution in [0.5, 0.6) is 0 Å². The van der Waals surface area contributed by atoms with Crippen LogP contribution >= 0.6 is 0 Å². The van der Waals surface area contributed by atoms with Crippen LogP contribution in [0.25, 0.3) is 0 Å². The average Bonchev–Trinajstić information content (AvgIpc) is 3.97. The molecule has 20 atom stereocenters. The minimum absolute atomic E-state index is 0.562. The molecule has 14 aliphatic rings. The van der Waals surface area contributed by atoms with Crippen molar-refractivity contribution in [3.05, 3.63) is 0 Å². The van der Waals surface area contributed by atoms with Crippen molar-refractivity contribution >= 4 is 5.71 Å². The number of hydrogen-bond donors (Lipinski definition) is 3. The predicted molar refractivity (Wildman–Crippen MR) is 194 cm³/mol. The van der Waals surface area contributed by atoms with Crippen molar-refractivity contribution in [2.24, 2.45) is 112 Å². The molecule has 3 N–H and O–H groups in total. The van der Waals surface area contributed by atoms with Gasteiger partial charge in [-0.25, -0.2) is 0 Å². The lowest BCUT2D eigenvalue weighted by Gasteiger charge is -2.54. The van der Waals surface area contributed by atoms with Crippen molar-refractivity contribution in [1.29, 1.82) is 0 Å². The lowest BCUT2D eigenvalue weighted by molar-refractivity contribution is -0.0247. The van der Waals surface area contributed by atoms with E-state index in [-0.39, 0.29) is 0 Å². The minimum atomic E-state index is 0.562. The van der Waals surface area contributed by atoms with Crippen LogP contribution in [-0.4, -0.2) is 48.0 Å². The third-order valence-corrected chi connectivity index (χ3v) is 20.4. The van der Waals surface area contributed by atoms with Crippen LogP contribution in [0.2, 0.25) is 0 Å². The molecule has 20 unspecified atom stereocenters. The van der Waals surface area contributed by atoms with E-state index in [0.717, 1.165) is 101 Å². The number of hydrogen-bond acceptors (Lipinski definition) is 4. The van der Waals surface area contributed by atoms with E-state index in [9.17, 15) is 0 Å². The second-order valence-electron chi connectivity index (χ2n) is 21.4. The zero-order valence-corrected chi connectivity index (χ0v) is 30.8. The van der Waals surface area contributed by atoms with Gasteiger partial charge in [-0.3, -0.25) is 4.99 Å². The quantitative estimate of drug-likeness (QED) is 0.287. The fourth-order valence-corrected chi connectivity index (χ4v) is 19.5. The summed E-state index contributed by atoms with van der Waals surface area (Å²) in [6.45, 7) is 10.4. The molecule has 0 aromatic heterocycles. The van der Waals surface area contributed by atoms with Crippen LogP contribution in [0.15, 0.2) is 4.99 Å². The highest BCUT2D eigenvalue weighted by Gasteiger charge is 2.68. The summed E-state index contributed by atoms with van der Waals surface area (Å²) in [5.41, 5.74) is 1.60. The SMILES string of the molecule is CC1=NC(C(C2NC(C)C3C4CCC(C4)C23)C(C2NC(C)C3C4CCC(CC4)C23)C2NC(C)C3C4CCC(CC4)C23)C2C3CCC(C3)C12. The van der Waals surface area contributed by atoms with Gasteiger partial charge in [-0.15, -0.1) is 0 Å². The molecular weight excluding hydrogens is 585 g/mol. The Bertz CT molecular complexity index is 1280. The molecule has 8 bridgehead atoms. The van der Waals surface area contributed by atoms with Crippen molar-refractivity contribution in [1.82, 2.24) is 16.0 Å². The largest absolute Gasteiger partial charge is 0.311 e. The highest BCUT2D eigenvalue weighted by atomic mass is 15.1. The Balaban J connectivity index is 1.03. The van der Waals surface area contributed by atoms with Crippen molar-refractivity contribution in [3.63, 3.8) is 0 Å². The molecule has 0 aromatic carbocycles. The van der Waals surface area contributed by atoms with E-state index in [2.05, 4.69) is 43.6 Å². The van der Waals surface area contributed by atoms with Crippen molar-refractivity contribution < 1.29 is 0 Å². The van der Waals surface area contributed by atoms with Gasteiger partial charge in [0.2, 0.25) is 0 Å². The predicted octanol–water partition coefficient (Wildman–Crippen LogP) is 7.57. The van der Waals surface area contributed by atoms with E-state index in [1.807, 2.05) is 0 Å². The van der Waals surface area contributed by atoms with Gasteiger partial charge in [0.1, 0.15) is 0 Å². The van der Waals surface area contributed by atoms with Gasteiger partial charge in [0, 0.05) is 53.8 Å². The molecule has 14 rings (SSSR count). The summed E-state index contributed by atoms with van der Waals surface area (Å²) in [6, 6.07) is 4.71. The molecule has 264 valence electrons. The molecule has 4 nitrogen and oxygen atoms in total. The second kappa shape index (κ2) is 10.6. The molecule has 0 aromatic rings. The Kier molecular flexibility index (Phi) is 6.62. The van der Waals surface area contributed by atoms with Gasteiger partial charge in [0.15, 0.2) is 0 Å². The maximum Gasteiger partial charge on any atom is 0.0583 e. The lowest BCUT2D eigenvalue weighted by Crippen LogP contribution is -2.62. The van der Waals surface area contributed by atoms with Gasteiger partial charge in [-0.05, 0) is 212 Å². The zero-order chi connectivity index (χ0) is 31.7. The molecule has 3 saturated heterocycles. The molecule has 13 fully saturated rings. The first-order valence-corrected chi connectivity index (χ1v) is 22.3. The van der Waals surface area contributed by atoms with Crippen LogP contribution in [-0.2, 0) is 0 Å². The Morgan fingerprint density at radius 1 is 0.438 bits per heavy atom. The van der Waals surface area contributed by atoms with Gasteiger partial charge in [0.05, 0.1) is 6.04 Å². The highest BCUT2D eigenvalue weighted by Crippen LogP contribution is 2.66. The van der Waals surface area contributed by atoms with Crippen LogP contribution in [0.4, 0.5) is 0 Å². The topological polar surface area (TPSA) is 48.5 Å². The molecule has 4 aliphatic heterocycles. The summed E-state index contributed by atoms with van der Waals surface area (Å²) >= 11 is 0. The standard InChI is InChI=1S/C44H68N4/c1-19-31-23-5-9-25(10-6-23)35(31)41(45-19)39(42-36-26-11-7-24(8-12-26)32(36)20(2)46-42)40(43-37-29-15-13-27(17-29)33(37)21(3)47-43)44-38-30-16-14-28(18-30)34(38)22(4)48-44/h19-21,23-47H,5-18H2,1-4H3. The molecule has 10 aliphatic carbocycles. The monoisotopic (exact) mass is 653 g/mol. The third-order valence-electron chi connectivity index (χ3n) is 20.4. The number of rotatable bonds is 5. The second-order valence-corrected chi connectivity index (χ2v) is 21.4. The van der Waals surface area contributed by atoms with Gasteiger partial charge >= 0.3 is 0 Å². The summed E-state index contributed by atoms with van der Waals surface area (Å²) in [6.07, 6.45) is 21.4. The van der Waals surface area contributed by atoms with E-state index in [0.29, 0.717) is 48.2 Å². The Labute approximate surface area is 292 Å². The first-order valence-electron chi connectivity index (χ1n) is 22.3. The fourth-order valence-electron chi connectivity index (χ4n) is 19.5. The van der Waals surface area contributed by atoms with Crippen molar-refractivity contribution in [2.45, 2.75) is 160 Å². The summed E-state index contributed by atoms with van der Waals surface area (Å²) in [5.74, 6) is 16.4. The average molecular weight is 653 g/mol. The normalized spacial score (nSPS) is 63.8. The molecule has 48 heavy (non-hydrogen) atoms. The van der Waals surface area contributed by atoms with Gasteiger partial charge < -0.3 is 16.0 Å². The first kappa shape index (κ1) is 30.1. The fraction of sp³-hybridized carbons (Fsp3) is 0.977. The summed E-state index contributed by atoms with van der Waals surface area (Å²) in [5, 5.41) is 13.9. The molecule has 4 heteroatoms. The number of fused-ring (bicyclic) bond motifs is 14. The number of aliphatic imine (C=N–C) groups is 1. The smallest absolute Gasteiger partial charge is 0.0583 e. The molecular formula is C44H68N4. The van der Waals surface area contributed by atoms with Crippen LogP contribution in [0.3, 0.4) is 0 Å². The number of nitrogens with zero attached hydrogens (tertiary/aromatic N) is 1. The highest BCUT2D eigenvalue weighted by molar-refractivity contribution is 5.87. The van der Waals surface area contributed by atoms with Crippen LogP contribution in [0, 0.1) is 107 Å². The van der Waals surface area contributed by atoms with Gasteiger partial charge in [-0.1, -0.05) is 0 Å². The molecule has 0 radical (unpaired) electrons. The Hall–Kier alpha value is -0.450. The van der Waals surface area contributed by atoms with Gasteiger partial charge in [0.25, 0.3) is 0 Å². The van der Waals surface area contributed by atoms with E-state index in [4.69, 9.17) is 4.99 Å². The first-order chi connectivity index (χ1) is 23.4. The van der Waals surface area contributed by atoms with E-state index in [1.54, 1.807) is 12.1 Å². The molecule has 0 amide bonds. The maximum atomic E-state index is 6.09. The van der Waals surface area contributed by atoms with Gasteiger partial charge in [-0.2, -0.15) is 0 Å². The summed E-state index contributed by atoms with van der Waals surface area (Å²) < 4.78 is 0. The van der Waals surface area contributed by atoms with Crippen molar-refractivity contribution in [2.75, 3.05) is 0 Å². The third kappa shape index (κ3) is 3.83. The van der Waals surface area contributed by atoms with E-state index < -0.39 is 0 Å². The van der Waals surface area contributed by atoms with Crippen LogP contribution in [0.1, 0.15) is 118 Å². The Morgan fingerprint density at radius 2 is 0.792 bits per heavy atom. The summed E-state index contributed by atoms with van der Waals surface area (Å²) in [4.78, 5) is 6.09. The maximum absolute atomic E-state index is 6.09. The molecule has 4 heterocycles.